The molecule has 2 saturated heterocycles. The van der Waals surface area contributed by atoms with Gasteiger partial charge in [-0.25, -0.2) is 0 Å². The summed E-state index contributed by atoms with van der Waals surface area (Å²) in [6.45, 7) is 5.64. The average Bonchev–Trinajstić information content (AvgIpc) is 3.14. The van der Waals surface area contributed by atoms with Crippen molar-refractivity contribution >= 4 is 24.2 Å². The lowest BCUT2D eigenvalue weighted by molar-refractivity contribution is -0.128. The third-order valence-corrected chi connectivity index (χ3v) is 5.06. The topological polar surface area (TPSA) is 66.6 Å². The van der Waals surface area contributed by atoms with Crippen LogP contribution in [0.25, 0.3) is 0 Å². The molecule has 2 amide bonds. The minimum absolute atomic E-state index is 0. The van der Waals surface area contributed by atoms with Crippen molar-refractivity contribution < 1.29 is 9.59 Å². The van der Waals surface area contributed by atoms with E-state index in [1.807, 2.05) is 34.1 Å². The van der Waals surface area contributed by atoms with Crippen LogP contribution in [-0.4, -0.2) is 47.8 Å². The molecule has 2 heterocycles. The van der Waals surface area contributed by atoms with E-state index >= 15 is 0 Å². The molecule has 1 aromatic rings. The van der Waals surface area contributed by atoms with Gasteiger partial charge in [0.15, 0.2) is 0 Å². The highest BCUT2D eigenvalue weighted by Crippen LogP contribution is 2.29. The van der Waals surface area contributed by atoms with E-state index < -0.39 is 0 Å². The van der Waals surface area contributed by atoms with Gasteiger partial charge in [0.05, 0.1) is 0 Å². The summed E-state index contributed by atoms with van der Waals surface area (Å²) < 4.78 is 0. The Bertz CT molecular complexity index is 622. The van der Waals surface area contributed by atoms with E-state index in [-0.39, 0.29) is 29.6 Å². The summed E-state index contributed by atoms with van der Waals surface area (Å²) in [4.78, 5) is 28.2. The summed E-state index contributed by atoms with van der Waals surface area (Å²) in [7, 11) is 0. The number of benzene rings is 1. The van der Waals surface area contributed by atoms with Crippen molar-refractivity contribution in [2.45, 2.75) is 32.7 Å². The van der Waals surface area contributed by atoms with Gasteiger partial charge in [-0.2, -0.15) is 0 Å². The Morgan fingerprint density at radius 1 is 1.33 bits per heavy atom. The second-order valence-corrected chi connectivity index (χ2v) is 7.11. The zero-order valence-electron chi connectivity index (χ0n) is 14.2. The first kappa shape index (κ1) is 18.7. The van der Waals surface area contributed by atoms with Crippen molar-refractivity contribution in [2.24, 2.45) is 11.1 Å². The van der Waals surface area contributed by atoms with Gasteiger partial charge >= 0.3 is 0 Å². The fourth-order valence-electron chi connectivity index (χ4n) is 3.44. The largest absolute Gasteiger partial charge is 0.338 e. The number of hydrogen-bond acceptors (Lipinski definition) is 3. The molecule has 1 atom stereocenters. The smallest absolute Gasteiger partial charge is 0.253 e. The number of rotatable bonds is 4. The SMILES string of the molecule is CC1(CN)CCN(C(=O)c2cccc(CN3CCCC3=O)c2)C1.Cl. The van der Waals surface area contributed by atoms with Gasteiger partial charge in [0.2, 0.25) is 5.91 Å². The molecule has 0 saturated carbocycles. The van der Waals surface area contributed by atoms with Crippen molar-refractivity contribution in [1.29, 1.82) is 0 Å². The maximum Gasteiger partial charge on any atom is 0.253 e. The van der Waals surface area contributed by atoms with Crippen LogP contribution < -0.4 is 5.73 Å². The molecular formula is C18H26ClN3O2. The summed E-state index contributed by atoms with van der Waals surface area (Å²) >= 11 is 0. The quantitative estimate of drug-likeness (QED) is 0.902. The monoisotopic (exact) mass is 351 g/mol. The molecule has 1 unspecified atom stereocenters. The van der Waals surface area contributed by atoms with E-state index in [1.54, 1.807) is 0 Å². The third kappa shape index (κ3) is 3.90. The molecule has 2 aliphatic rings. The lowest BCUT2D eigenvalue weighted by Crippen LogP contribution is -2.34. The second-order valence-electron chi connectivity index (χ2n) is 7.11. The summed E-state index contributed by atoms with van der Waals surface area (Å²) in [5, 5.41) is 0. The molecule has 0 aromatic heterocycles. The van der Waals surface area contributed by atoms with Crippen molar-refractivity contribution in [3.8, 4) is 0 Å². The Balaban J connectivity index is 0.00000208. The first-order valence-corrected chi connectivity index (χ1v) is 8.37. The van der Waals surface area contributed by atoms with Crippen LogP contribution in [-0.2, 0) is 11.3 Å². The standard InChI is InChI=1S/C18H25N3O2.ClH/c1-18(12-19)7-9-21(13-18)17(23)15-5-2-4-14(10-15)11-20-8-3-6-16(20)22;/h2,4-5,10H,3,6-9,11-13,19H2,1H3;1H. The molecule has 5 nitrogen and oxygen atoms in total. The maximum atomic E-state index is 12.7. The summed E-state index contributed by atoms with van der Waals surface area (Å²) in [6, 6.07) is 7.67. The molecule has 2 fully saturated rings. The second kappa shape index (κ2) is 7.53. The number of halogens is 1. The normalized spacial score (nSPS) is 23.5. The summed E-state index contributed by atoms with van der Waals surface area (Å²) in [6.07, 6.45) is 2.53. The number of amides is 2. The van der Waals surface area contributed by atoms with Gasteiger partial charge in [-0.1, -0.05) is 19.1 Å². The number of nitrogens with zero attached hydrogens (tertiary/aromatic N) is 2. The molecule has 0 bridgehead atoms. The zero-order chi connectivity index (χ0) is 16.4. The van der Waals surface area contributed by atoms with Crippen molar-refractivity contribution in [1.82, 2.24) is 9.80 Å². The molecule has 3 rings (SSSR count). The molecule has 1 aromatic carbocycles. The van der Waals surface area contributed by atoms with Crippen molar-refractivity contribution in [2.75, 3.05) is 26.2 Å². The van der Waals surface area contributed by atoms with E-state index in [0.717, 1.165) is 38.0 Å². The number of likely N-dealkylation sites (tertiary alicyclic amines) is 2. The highest BCUT2D eigenvalue weighted by molar-refractivity contribution is 5.94. The lowest BCUT2D eigenvalue weighted by atomic mass is 9.90. The van der Waals surface area contributed by atoms with E-state index in [9.17, 15) is 9.59 Å². The molecule has 6 heteroatoms. The summed E-state index contributed by atoms with van der Waals surface area (Å²) in [5.74, 6) is 0.275. The predicted molar refractivity (Wildman–Crippen MR) is 96.0 cm³/mol. The first-order chi connectivity index (χ1) is 11.0. The highest BCUT2D eigenvalue weighted by Gasteiger charge is 2.35. The predicted octanol–water partition coefficient (Wildman–Crippen LogP) is 2.04. The van der Waals surface area contributed by atoms with Gasteiger partial charge in [0.1, 0.15) is 0 Å². The molecule has 24 heavy (non-hydrogen) atoms. The number of hydrogen-bond donors (Lipinski definition) is 1. The Morgan fingerprint density at radius 3 is 2.75 bits per heavy atom. The maximum absolute atomic E-state index is 12.7. The van der Waals surface area contributed by atoms with Gasteiger partial charge in [-0.3, -0.25) is 9.59 Å². The van der Waals surface area contributed by atoms with Crippen LogP contribution in [0.4, 0.5) is 0 Å². The van der Waals surface area contributed by atoms with E-state index in [1.165, 1.54) is 0 Å². The van der Waals surface area contributed by atoms with Crippen LogP contribution in [0.15, 0.2) is 24.3 Å². The fourth-order valence-corrected chi connectivity index (χ4v) is 3.44. The minimum atomic E-state index is 0. The van der Waals surface area contributed by atoms with E-state index in [4.69, 9.17) is 5.73 Å². The lowest BCUT2D eigenvalue weighted by Gasteiger charge is -2.23. The van der Waals surface area contributed by atoms with Gasteiger partial charge in [0.25, 0.3) is 5.91 Å². The van der Waals surface area contributed by atoms with Crippen molar-refractivity contribution in [3.63, 3.8) is 0 Å². The van der Waals surface area contributed by atoms with Gasteiger partial charge in [-0.05, 0) is 42.5 Å². The van der Waals surface area contributed by atoms with Crippen LogP contribution >= 0.6 is 12.4 Å². The molecule has 0 radical (unpaired) electrons. The highest BCUT2D eigenvalue weighted by atomic mass is 35.5. The zero-order valence-corrected chi connectivity index (χ0v) is 15.0. The Morgan fingerprint density at radius 2 is 2.12 bits per heavy atom. The van der Waals surface area contributed by atoms with Crippen molar-refractivity contribution in [3.05, 3.63) is 35.4 Å². The Hall–Kier alpha value is -1.59. The van der Waals surface area contributed by atoms with Crippen LogP contribution in [0.2, 0.25) is 0 Å². The van der Waals surface area contributed by atoms with Crippen LogP contribution in [0.1, 0.15) is 42.1 Å². The van der Waals surface area contributed by atoms with Gasteiger partial charge in [0, 0.05) is 38.2 Å². The number of nitrogens with two attached hydrogens (primary N) is 1. The minimum Gasteiger partial charge on any atom is -0.338 e. The van der Waals surface area contributed by atoms with E-state index in [2.05, 4.69) is 6.92 Å². The molecule has 0 aliphatic carbocycles. The first-order valence-electron chi connectivity index (χ1n) is 8.37. The van der Waals surface area contributed by atoms with Crippen LogP contribution in [0.5, 0.6) is 0 Å². The molecule has 0 spiro atoms. The number of carbonyl (C=O) groups is 2. The molecular weight excluding hydrogens is 326 g/mol. The van der Waals surface area contributed by atoms with Gasteiger partial charge < -0.3 is 15.5 Å². The number of carbonyl (C=O) groups excluding carboxylic acids is 2. The Labute approximate surface area is 149 Å². The fraction of sp³-hybridized carbons (Fsp3) is 0.556. The van der Waals surface area contributed by atoms with Crippen LogP contribution in [0, 0.1) is 5.41 Å². The van der Waals surface area contributed by atoms with Gasteiger partial charge in [-0.15, -0.1) is 12.4 Å². The third-order valence-electron chi connectivity index (χ3n) is 5.06. The average molecular weight is 352 g/mol. The molecule has 2 N–H and O–H groups in total. The molecule has 132 valence electrons. The van der Waals surface area contributed by atoms with E-state index in [0.29, 0.717) is 25.1 Å². The molecule has 2 aliphatic heterocycles. The summed E-state index contributed by atoms with van der Waals surface area (Å²) in [5.41, 5.74) is 7.58. The van der Waals surface area contributed by atoms with Crippen LogP contribution in [0.3, 0.4) is 0 Å². The Kier molecular flexibility index (Phi) is 5.88.